The molecule has 1 aliphatic rings. The van der Waals surface area contributed by atoms with Crippen molar-refractivity contribution in [2.45, 2.75) is 33.2 Å². The molecule has 0 saturated heterocycles. The fourth-order valence-electron chi connectivity index (χ4n) is 3.80. The molecule has 3 aromatic rings. The first-order chi connectivity index (χ1) is 12.1. The summed E-state index contributed by atoms with van der Waals surface area (Å²) < 4.78 is 7.36. The van der Waals surface area contributed by atoms with Gasteiger partial charge in [-0.25, -0.2) is 0 Å². The molecule has 0 fully saturated rings. The van der Waals surface area contributed by atoms with E-state index in [9.17, 15) is 0 Å². The van der Waals surface area contributed by atoms with E-state index >= 15 is 0 Å². The maximum Gasteiger partial charge on any atom is 0.138 e. The van der Waals surface area contributed by atoms with Gasteiger partial charge in [-0.3, -0.25) is 9.58 Å². The van der Waals surface area contributed by atoms with E-state index in [-0.39, 0.29) is 0 Å². The van der Waals surface area contributed by atoms with Crippen LogP contribution >= 0.6 is 0 Å². The van der Waals surface area contributed by atoms with E-state index in [2.05, 4.69) is 47.4 Å². The number of rotatable bonds is 3. The smallest absolute Gasteiger partial charge is 0.138 e. The Morgan fingerprint density at radius 1 is 1.08 bits per heavy atom. The largest absolute Gasteiger partial charge is 0.361 e. The third-order valence-corrected chi connectivity index (χ3v) is 5.18. The van der Waals surface area contributed by atoms with E-state index in [0.29, 0.717) is 0 Å². The van der Waals surface area contributed by atoms with Crippen molar-refractivity contribution in [2.24, 2.45) is 7.05 Å². The first-order valence-corrected chi connectivity index (χ1v) is 8.87. The van der Waals surface area contributed by atoms with Gasteiger partial charge in [0, 0.05) is 49.8 Å². The summed E-state index contributed by atoms with van der Waals surface area (Å²) in [6.07, 6.45) is 2.01. The van der Waals surface area contributed by atoms with Crippen LogP contribution in [-0.2, 0) is 26.4 Å². The Morgan fingerprint density at radius 2 is 1.84 bits per heavy atom. The molecule has 1 aliphatic heterocycles. The van der Waals surface area contributed by atoms with E-state index < -0.39 is 0 Å². The Bertz CT molecular complexity index is 859. The molecule has 0 amide bonds. The zero-order valence-electron chi connectivity index (χ0n) is 15.1. The number of aromatic nitrogens is 3. The van der Waals surface area contributed by atoms with Crippen molar-refractivity contribution in [3.8, 4) is 11.3 Å². The molecule has 1 aromatic carbocycles. The number of nitrogens with zero attached hydrogens (tertiary/aromatic N) is 4. The Kier molecular flexibility index (Phi) is 4.17. The minimum Gasteiger partial charge on any atom is -0.361 e. The third kappa shape index (κ3) is 3.00. The van der Waals surface area contributed by atoms with Gasteiger partial charge in [-0.2, -0.15) is 5.10 Å². The number of fused-ring (bicyclic) bond motifs is 1. The van der Waals surface area contributed by atoms with Crippen LogP contribution in [0.3, 0.4) is 0 Å². The molecule has 0 N–H and O–H groups in total. The number of hydrogen-bond donors (Lipinski definition) is 0. The van der Waals surface area contributed by atoms with E-state index in [1.807, 2.05) is 18.5 Å². The van der Waals surface area contributed by atoms with E-state index in [4.69, 9.17) is 9.62 Å². The molecule has 0 bridgehead atoms. The van der Waals surface area contributed by atoms with Crippen LogP contribution in [0, 0.1) is 13.8 Å². The predicted octanol–water partition coefficient (Wildman–Crippen LogP) is 3.29. The summed E-state index contributed by atoms with van der Waals surface area (Å²) in [6, 6.07) is 10.6. The van der Waals surface area contributed by atoms with Gasteiger partial charge in [0.05, 0.1) is 17.1 Å². The molecule has 4 rings (SSSR count). The zero-order valence-corrected chi connectivity index (χ0v) is 15.1. The van der Waals surface area contributed by atoms with Gasteiger partial charge in [-0.1, -0.05) is 35.5 Å². The highest BCUT2D eigenvalue weighted by Gasteiger charge is 2.23. The Hall–Kier alpha value is -2.40. The van der Waals surface area contributed by atoms with Gasteiger partial charge in [-0.15, -0.1) is 0 Å². The van der Waals surface area contributed by atoms with Crippen LogP contribution < -0.4 is 0 Å². The molecule has 5 nitrogen and oxygen atoms in total. The van der Waals surface area contributed by atoms with Gasteiger partial charge in [0.25, 0.3) is 0 Å². The first kappa shape index (κ1) is 16.1. The Balaban J connectivity index is 1.58. The third-order valence-electron chi connectivity index (χ3n) is 5.18. The highest BCUT2D eigenvalue weighted by molar-refractivity contribution is 5.64. The van der Waals surface area contributed by atoms with Crippen LogP contribution in [0.25, 0.3) is 11.3 Å². The van der Waals surface area contributed by atoms with Crippen molar-refractivity contribution in [1.29, 1.82) is 0 Å². The molecule has 3 heterocycles. The molecule has 0 saturated carbocycles. The van der Waals surface area contributed by atoms with Crippen LogP contribution in [-0.4, -0.2) is 32.9 Å². The van der Waals surface area contributed by atoms with Crippen molar-refractivity contribution in [3.05, 3.63) is 58.6 Å². The summed E-state index contributed by atoms with van der Waals surface area (Å²) in [6.45, 7) is 6.97. The number of hydrogen-bond acceptors (Lipinski definition) is 4. The van der Waals surface area contributed by atoms with Gasteiger partial charge in [0.1, 0.15) is 5.76 Å². The highest BCUT2D eigenvalue weighted by atomic mass is 16.5. The summed E-state index contributed by atoms with van der Waals surface area (Å²) in [5.41, 5.74) is 7.37. The quantitative estimate of drug-likeness (QED) is 0.736. The molecular weight excluding hydrogens is 312 g/mol. The topological polar surface area (TPSA) is 47.1 Å². The molecule has 5 heteroatoms. The fourth-order valence-corrected chi connectivity index (χ4v) is 3.80. The standard InChI is InChI=1S/C20H24N4O/c1-14-18(15(2)25-22-14)13-24-11-9-17-19(10-12-24)21-23(3)20(17)16-7-5-4-6-8-16/h4-8H,9-13H2,1-3H3. The zero-order chi connectivity index (χ0) is 17.4. The molecule has 0 atom stereocenters. The Labute approximate surface area is 148 Å². The SMILES string of the molecule is Cc1noc(C)c1CN1CCc2nn(C)c(-c3ccccc3)c2CC1. The second-order valence-corrected chi connectivity index (χ2v) is 6.84. The lowest BCUT2D eigenvalue weighted by atomic mass is 10.0. The lowest BCUT2D eigenvalue weighted by Gasteiger charge is -2.19. The minimum absolute atomic E-state index is 0.901. The minimum atomic E-state index is 0.901. The van der Waals surface area contributed by atoms with Crippen LogP contribution in [0.15, 0.2) is 34.9 Å². The lowest BCUT2D eigenvalue weighted by molar-refractivity contribution is 0.275. The summed E-state index contributed by atoms with van der Waals surface area (Å²) in [5, 5.41) is 8.90. The van der Waals surface area contributed by atoms with Gasteiger partial charge in [-0.05, 0) is 20.3 Å². The summed E-state index contributed by atoms with van der Waals surface area (Å²) in [7, 11) is 2.05. The molecule has 0 aliphatic carbocycles. The van der Waals surface area contributed by atoms with Gasteiger partial charge in [0.2, 0.25) is 0 Å². The normalized spacial score (nSPS) is 15.2. The molecule has 0 spiro atoms. The number of benzene rings is 1. The molecule has 25 heavy (non-hydrogen) atoms. The van der Waals surface area contributed by atoms with Crippen molar-refractivity contribution >= 4 is 0 Å². The molecule has 0 radical (unpaired) electrons. The fraction of sp³-hybridized carbons (Fsp3) is 0.400. The van der Waals surface area contributed by atoms with Crippen LogP contribution in [0.5, 0.6) is 0 Å². The average molecular weight is 336 g/mol. The van der Waals surface area contributed by atoms with Crippen molar-refractivity contribution in [2.75, 3.05) is 13.1 Å². The molecular formula is C20H24N4O. The van der Waals surface area contributed by atoms with E-state index in [0.717, 1.165) is 43.9 Å². The second kappa shape index (κ2) is 6.48. The van der Waals surface area contributed by atoms with Crippen LogP contribution in [0.4, 0.5) is 0 Å². The summed E-state index contributed by atoms with van der Waals surface area (Å²) >= 11 is 0. The Morgan fingerprint density at radius 3 is 2.56 bits per heavy atom. The van der Waals surface area contributed by atoms with E-state index in [1.54, 1.807) is 0 Å². The molecule has 0 unspecified atom stereocenters. The predicted molar refractivity (Wildman–Crippen MR) is 97.3 cm³/mol. The highest BCUT2D eigenvalue weighted by Crippen LogP contribution is 2.29. The summed E-state index contributed by atoms with van der Waals surface area (Å²) in [5.74, 6) is 0.934. The monoisotopic (exact) mass is 336 g/mol. The molecule has 130 valence electrons. The number of aryl methyl sites for hydroxylation is 3. The average Bonchev–Trinajstić information content (AvgIpc) is 3.02. The van der Waals surface area contributed by atoms with Gasteiger partial charge >= 0.3 is 0 Å². The van der Waals surface area contributed by atoms with Crippen molar-refractivity contribution < 1.29 is 4.52 Å². The van der Waals surface area contributed by atoms with Crippen LogP contribution in [0.2, 0.25) is 0 Å². The first-order valence-electron chi connectivity index (χ1n) is 8.87. The van der Waals surface area contributed by atoms with E-state index in [1.165, 1.54) is 28.1 Å². The lowest BCUT2D eigenvalue weighted by Crippen LogP contribution is -2.26. The van der Waals surface area contributed by atoms with Gasteiger partial charge < -0.3 is 4.52 Å². The van der Waals surface area contributed by atoms with Crippen LogP contribution in [0.1, 0.15) is 28.3 Å². The molecule has 2 aromatic heterocycles. The van der Waals surface area contributed by atoms with Crippen molar-refractivity contribution in [1.82, 2.24) is 19.8 Å². The maximum absolute atomic E-state index is 5.32. The maximum atomic E-state index is 5.32. The van der Waals surface area contributed by atoms with Crippen molar-refractivity contribution in [3.63, 3.8) is 0 Å². The second-order valence-electron chi connectivity index (χ2n) is 6.84. The van der Waals surface area contributed by atoms with Gasteiger partial charge in [0.15, 0.2) is 0 Å². The summed E-state index contributed by atoms with van der Waals surface area (Å²) in [4.78, 5) is 2.49.